The Morgan fingerprint density at radius 3 is 3.04 bits per heavy atom. The summed E-state index contributed by atoms with van der Waals surface area (Å²) in [6.45, 7) is 2.84. The molecule has 2 N–H and O–H groups in total. The Kier molecular flexibility index (Phi) is 6.40. The Bertz CT molecular complexity index is 762. The number of rotatable bonds is 6. The number of nitrogens with zero attached hydrogens (tertiary/aromatic N) is 3. The first-order valence-corrected chi connectivity index (χ1v) is 7.72. The average Bonchev–Trinajstić information content (AvgIpc) is 2.60. The maximum Gasteiger partial charge on any atom is 0.318 e. The van der Waals surface area contributed by atoms with Crippen molar-refractivity contribution < 1.29 is 9.13 Å². The third kappa shape index (κ3) is 5.14. The van der Waals surface area contributed by atoms with Crippen LogP contribution in [0.5, 0.6) is 6.01 Å². The standard InChI is InChI=1S/C16H16FN5OS/c1-2-6-19-16(24)22-14-13(17)9-20-15(21-14)23-10-12-5-3-4-11(7-12)8-18/h3-5,7,9H,2,6,10H2,1H3,(H2,19,20,21,22,24). The van der Waals surface area contributed by atoms with E-state index in [0.29, 0.717) is 12.1 Å². The predicted octanol–water partition coefficient (Wildman–Crippen LogP) is 2.76. The van der Waals surface area contributed by atoms with Gasteiger partial charge in [-0.2, -0.15) is 10.2 Å². The van der Waals surface area contributed by atoms with Gasteiger partial charge in [-0.25, -0.2) is 9.37 Å². The number of hydrogen-bond donors (Lipinski definition) is 2. The fraction of sp³-hybridized carbons (Fsp3) is 0.250. The van der Waals surface area contributed by atoms with E-state index in [1.54, 1.807) is 18.2 Å². The zero-order chi connectivity index (χ0) is 17.4. The number of thiocarbonyl (C=S) groups is 1. The monoisotopic (exact) mass is 345 g/mol. The second-order valence-corrected chi connectivity index (χ2v) is 5.24. The van der Waals surface area contributed by atoms with Gasteiger partial charge in [0.15, 0.2) is 16.7 Å². The summed E-state index contributed by atoms with van der Waals surface area (Å²) >= 11 is 5.05. The van der Waals surface area contributed by atoms with Crippen LogP contribution in [0.15, 0.2) is 30.5 Å². The van der Waals surface area contributed by atoms with Crippen molar-refractivity contribution in [2.24, 2.45) is 0 Å². The molecule has 0 aliphatic carbocycles. The number of aromatic nitrogens is 2. The number of halogens is 1. The molecule has 0 spiro atoms. The van der Waals surface area contributed by atoms with Gasteiger partial charge in [-0.15, -0.1) is 0 Å². The van der Waals surface area contributed by atoms with Crippen LogP contribution >= 0.6 is 12.2 Å². The molecule has 1 aromatic heterocycles. The van der Waals surface area contributed by atoms with Gasteiger partial charge in [0.2, 0.25) is 0 Å². The first-order chi connectivity index (χ1) is 11.6. The molecule has 8 heteroatoms. The van der Waals surface area contributed by atoms with Crippen LogP contribution in [0.4, 0.5) is 10.2 Å². The summed E-state index contributed by atoms with van der Waals surface area (Å²) in [7, 11) is 0. The van der Waals surface area contributed by atoms with Crippen molar-refractivity contribution in [1.82, 2.24) is 15.3 Å². The van der Waals surface area contributed by atoms with Gasteiger partial charge in [0.1, 0.15) is 6.61 Å². The smallest absolute Gasteiger partial charge is 0.318 e. The molecule has 0 bridgehead atoms. The summed E-state index contributed by atoms with van der Waals surface area (Å²) < 4.78 is 19.2. The van der Waals surface area contributed by atoms with Gasteiger partial charge in [0, 0.05) is 6.54 Å². The topological polar surface area (TPSA) is 82.9 Å². The Balaban J connectivity index is 2.02. The van der Waals surface area contributed by atoms with Crippen LogP contribution < -0.4 is 15.4 Å². The summed E-state index contributed by atoms with van der Waals surface area (Å²) in [5.74, 6) is -0.686. The maximum atomic E-state index is 13.7. The van der Waals surface area contributed by atoms with E-state index in [2.05, 4.69) is 26.7 Å². The van der Waals surface area contributed by atoms with Gasteiger partial charge in [-0.05, 0) is 36.3 Å². The molecule has 0 atom stereocenters. The lowest BCUT2D eigenvalue weighted by Gasteiger charge is -2.11. The second-order valence-electron chi connectivity index (χ2n) is 4.83. The SMILES string of the molecule is CCCNC(=S)Nc1nc(OCc2cccc(C#N)c2)ncc1F. The second kappa shape index (κ2) is 8.74. The van der Waals surface area contributed by atoms with E-state index in [4.69, 9.17) is 22.2 Å². The van der Waals surface area contributed by atoms with Crippen molar-refractivity contribution in [2.75, 3.05) is 11.9 Å². The zero-order valence-electron chi connectivity index (χ0n) is 13.0. The molecular formula is C16H16FN5OS. The van der Waals surface area contributed by atoms with Gasteiger partial charge in [0.05, 0.1) is 17.8 Å². The van der Waals surface area contributed by atoms with Crippen LogP contribution in [0.3, 0.4) is 0 Å². The van der Waals surface area contributed by atoms with Crippen LogP contribution in [-0.2, 0) is 6.61 Å². The predicted molar refractivity (Wildman–Crippen MR) is 92.0 cm³/mol. The van der Waals surface area contributed by atoms with Crippen molar-refractivity contribution in [3.63, 3.8) is 0 Å². The molecule has 0 fully saturated rings. The minimum atomic E-state index is -0.630. The fourth-order valence-corrected chi connectivity index (χ4v) is 1.98. The van der Waals surface area contributed by atoms with Crippen molar-refractivity contribution in [3.05, 3.63) is 47.4 Å². The van der Waals surface area contributed by atoms with Crippen LogP contribution in [-0.4, -0.2) is 21.6 Å². The normalized spacial score (nSPS) is 9.88. The highest BCUT2D eigenvalue weighted by Crippen LogP contribution is 2.15. The van der Waals surface area contributed by atoms with Gasteiger partial charge >= 0.3 is 6.01 Å². The molecular weight excluding hydrogens is 329 g/mol. The zero-order valence-corrected chi connectivity index (χ0v) is 13.9. The molecule has 0 radical (unpaired) electrons. The van der Waals surface area contributed by atoms with Gasteiger partial charge < -0.3 is 15.4 Å². The maximum absolute atomic E-state index is 13.7. The first kappa shape index (κ1) is 17.6. The Morgan fingerprint density at radius 2 is 2.29 bits per heavy atom. The number of ether oxygens (including phenoxy) is 1. The van der Waals surface area contributed by atoms with Gasteiger partial charge in [0.25, 0.3) is 0 Å². The molecule has 0 amide bonds. The lowest BCUT2D eigenvalue weighted by Crippen LogP contribution is -2.29. The van der Waals surface area contributed by atoms with Crippen molar-refractivity contribution in [2.45, 2.75) is 20.0 Å². The molecule has 1 heterocycles. The molecule has 1 aromatic carbocycles. The van der Waals surface area contributed by atoms with Crippen molar-refractivity contribution in [1.29, 1.82) is 5.26 Å². The van der Waals surface area contributed by atoms with E-state index in [1.807, 2.05) is 13.0 Å². The van der Waals surface area contributed by atoms with Crippen molar-refractivity contribution in [3.8, 4) is 12.1 Å². The van der Waals surface area contributed by atoms with Crippen LogP contribution in [0.1, 0.15) is 24.5 Å². The minimum absolute atomic E-state index is 0.0135. The molecule has 2 rings (SSSR count). The third-order valence-electron chi connectivity index (χ3n) is 2.91. The summed E-state index contributed by atoms with van der Waals surface area (Å²) in [6.07, 6.45) is 1.91. The number of benzene rings is 1. The highest BCUT2D eigenvalue weighted by atomic mass is 32.1. The van der Waals surface area contributed by atoms with Crippen LogP contribution in [0.2, 0.25) is 0 Å². The summed E-state index contributed by atoms with van der Waals surface area (Å²) in [5.41, 5.74) is 1.32. The van der Waals surface area contributed by atoms with E-state index >= 15 is 0 Å². The molecule has 0 unspecified atom stereocenters. The lowest BCUT2D eigenvalue weighted by atomic mass is 10.1. The number of anilines is 1. The molecule has 0 aliphatic heterocycles. The molecule has 124 valence electrons. The lowest BCUT2D eigenvalue weighted by molar-refractivity contribution is 0.280. The highest BCUT2D eigenvalue weighted by Gasteiger charge is 2.09. The summed E-state index contributed by atoms with van der Waals surface area (Å²) in [6, 6.07) is 9.04. The largest absolute Gasteiger partial charge is 0.459 e. The molecule has 2 aromatic rings. The van der Waals surface area contributed by atoms with Gasteiger partial charge in [-0.3, -0.25) is 0 Å². The Hall–Kier alpha value is -2.79. The van der Waals surface area contributed by atoms with Crippen molar-refractivity contribution >= 4 is 23.1 Å². The van der Waals surface area contributed by atoms with Crippen LogP contribution in [0.25, 0.3) is 0 Å². The summed E-state index contributed by atoms with van der Waals surface area (Å²) in [4.78, 5) is 7.76. The van der Waals surface area contributed by atoms with E-state index in [0.717, 1.165) is 18.2 Å². The molecule has 24 heavy (non-hydrogen) atoms. The number of hydrogen-bond acceptors (Lipinski definition) is 5. The van der Waals surface area contributed by atoms with Gasteiger partial charge in [-0.1, -0.05) is 19.1 Å². The number of nitrogens with one attached hydrogen (secondary N) is 2. The fourth-order valence-electron chi connectivity index (χ4n) is 1.78. The average molecular weight is 345 g/mol. The first-order valence-electron chi connectivity index (χ1n) is 7.31. The summed E-state index contributed by atoms with van der Waals surface area (Å²) in [5, 5.41) is 14.7. The van der Waals surface area contributed by atoms with Crippen LogP contribution in [0, 0.1) is 17.1 Å². The molecule has 0 saturated heterocycles. The van der Waals surface area contributed by atoms with E-state index in [1.165, 1.54) is 0 Å². The quantitative estimate of drug-likeness (QED) is 0.779. The highest BCUT2D eigenvalue weighted by molar-refractivity contribution is 7.80. The third-order valence-corrected chi connectivity index (χ3v) is 3.16. The van der Waals surface area contributed by atoms with E-state index < -0.39 is 5.82 Å². The van der Waals surface area contributed by atoms with E-state index in [9.17, 15) is 4.39 Å². The Labute approximate surface area is 144 Å². The molecule has 0 aliphatic rings. The molecule has 6 nitrogen and oxygen atoms in total. The van der Waals surface area contributed by atoms with E-state index in [-0.39, 0.29) is 23.5 Å². The minimum Gasteiger partial charge on any atom is -0.459 e. The molecule has 0 saturated carbocycles. The number of nitriles is 1. The Morgan fingerprint density at radius 1 is 1.46 bits per heavy atom.